The molecule has 0 saturated carbocycles. The summed E-state index contributed by atoms with van der Waals surface area (Å²) < 4.78 is 10.6. The number of carbonyl (C=O) groups is 2. The van der Waals surface area contributed by atoms with E-state index in [0.717, 1.165) is 21.9 Å². The molecule has 9 heteroatoms. The van der Waals surface area contributed by atoms with Crippen molar-refractivity contribution >= 4 is 46.3 Å². The summed E-state index contributed by atoms with van der Waals surface area (Å²) >= 11 is 7.71. The number of anilines is 2. The molecule has 0 unspecified atom stereocenters. The maximum Gasteiger partial charge on any atom is 0.323 e. The number of nitrogens with one attached hydrogen (secondary N) is 2. The SMILES string of the molecule is COC(=O)CCCc1ncc(-c2ccc(NC(=O)Nc3ccc(Cl)cc3Oc3ccccc3)cc2)s1. The van der Waals surface area contributed by atoms with Crippen LogP contribution in [-0.2, 0) is 16.0 Å². The minimum Gasteiger partial charge on any atom is -0.469 e. The van der Waals surface area contributed by atoms with Crippen molar-refractivity contribution in [3.63, 3.8) is 0 Å². The molecule has 0 atom stereocenters. The number of hydrogen-bond acceptors (Lipinski definition) is 6. The maximum atomic E-state index is 12.6. The minimum absolute atomic E-state index is 0.213. The lowest BCUT2D eigenvalue weighted by Crippen LogP contribution is -2.19. The summed E-state index contributed by atoms with van der Waals surface area (Å²) in [7, 11) is 1.39. The predicted octanol–water partition coefficient (Wildman–Crippen LogP) is 7.40. The molecule has 4 aromatic rings. The zero-order valence-corrected chi connectivity index (χ0v) is 21.1. The Morgan fingerprint density at radius 2 is 1.78 bits per heavy atom. The van der Waals surface area contributed by atoms with Gasteiger partial charge in [0.1, 0.15) is 5.75 Å². The third-order valence-corrected chi connectivity index (χ3v) is 6.48. The van der Waals surface area contributed by atoms with Gasteiger partial charge >= 0.3 is 12.0 Å². The molecule has 0 radical (unpaired) electrons. The lowest BCUT2D eigenvalue weighted by atomic mass is 10.2. The molecular formula is C27H24ClN3O4S. The van der Waals surface area contributed by atoms with Crippen LogP contribution in [0.1, 0.15) is 17.8 Å². The van der Waals surface area contributed by atoms with Crippen molar-refractivity contribution in [2.24, 2.45) is 0 Å². The molecule has 0 fully saturated rings. The number of aromatic nitrogens is 1. The Balaban J connectivity index is 1.35. The molecule has 184 valence electrons. The number of esters is 1. The van der Waals surface area contributed by atoms with Crippen LogP contribution in [0.25, 0.3) is 10.4 Å². The molecule has 7 nitrogen and oxygen atoms in total. The van der Waals surface area contributed by atoms with E-state index in [-0.39, 0.29) is 5.97 Å². The lowest BCUT2D eigenvalue weighted by molar-refractivity contribution is -0.140. The Labute approximate surface area is 218 Å². The van der Waals surface area contributed by atoms with E-state index in [4.69, 9.17) is 16.3 Å². The highest BCUT2D eigenvalue weighted by Gasteiger charge is 2.11. The van der Waals surface area contributed by atoms with Crippen molar-refractivity contribution in [2.45, 2.75) is 19.3 Å². The Hall–Kier alpha value is -3.88. The van der Waals surface area contributed by atoms with Crippen LogP contribution >= 0.6 is 22.9 Å². The highest BCUT2D eigenvalue weighted by Crippen LogP contribution is 2.33. The average Bonchev–Trinajstić information content (AvgIpc) is 3.35. The van der Waals surface area contributed by atoms with Gasteiger partial charge < -0.3 is 20.1 Å². The summed E-state index contributed by atoms with van der Waals surface area (Å²) in [5.74, 6) is 0.857. The van der Waals surface area contributed by atoms with Crippen LogP contribution in [0.15, 0.2) is 79.0 Å². The molecule has 36 heavy (non-hydrogen) atoms. The van der Waals surface area contributed by atoms with Crippen LogP contribution in [0.2, 0.25) is 5.02 Å². The quantitative estimate of drug-likeness (QED) is 0.224. The molecule has 0 aliphatic carbocycles. The van der Waals surface area contributed by atoms with Gasteiger partial charge in [-0.1, -0.05) is 41.9 Å². The Morgan fingerprint density at radius 3 is 2.53 bits per heavy atom. The second kappa shape index (κ2) is 12.2. The monoisotopic (exact) mass is 521 g/mol. The van der Waals surface area contributed by atoms with Gasteiger partial charge in [0.25, 0.3) is 0 Å². The first-order valence-electron chi connectivity index (χ1n) is 11.2. The largest absolute Gasteiger partial charge is 0.469 e. The minimum atomic E-state index is -0.409. The first kappa shape index (κ1) is 25.2. The van der Waals surface area contributed by atoms with Gasteiger partial charge in [-0.15, -0.1) is 11.3 Å². The third-order valence-electron chi connectivity index (χ3n) is 5.14. The molecule has 0 saturated heterocycles. The summed E-state index contributed by atoms with van der Waals surface area (Å²) in [5, 5.41) is 7.10. The summed E-state index contributed by atoms with van der Waals surface area (Å²) in [6.45, 7) is 0. The molecule has 3 aromatic carbocycles. The maximum absolute atomic E-state index is 12.6. The van der Waals surface area contributed by atoms with Gasteiger partial charge in [-0.05, 0) is 54.8 Å². The fourth-order valence-electron chi connectivity index (χ4n) is 3.35. The number of urea groups is 1. The third kappa shape index (κ3) is 7.07. The van der Waals surface area contributed by atoms with E-state index in [0.29, 0.717) is 40.7 Å². The molecule has 1 aromatic heterocycles. The van der Waals surface area contributed by atoms with Crippen molar-refractivity contribution in [1.82, 2.24) is 4.98 Å². The molecule has 2 amide bonds. The molecular weight excluding hydrogens is 498 g/mol. The molecule has 0 aliphatic heterocycles. The highest BCUT2D eigenvalue weighted by atomic mass is 35.5. The van der Waals surface area contributed by atoms with E-state index < -0.39 is 6.03 Å². The topological polar surface area (TPSA) is 89.5 Å². The van der Waals surface area contributed by atoms with E-state index in [1.807, 2.05) is 60.8 Å². The van der Waals surface area contributed by atoms with Gasteiger partial charge in [-0.3, -0.25) is 4.79 Å². The van der Waals surface area contributed by atoms with E-state index in [1.165, 1.54) is 7.11 Å². The number of para-hydroxylation sites is 1. The van der Waals surface area contributed by atoms with E-state index in [2.05, 4.69) is 20.4 Å². The number of ether oxygens (including phenoxy) is 2. The second-order valence-corrected chi connectivity index (χ2v) is 9.31. The molecule has 0 aliphatic rings. The number of nitrogens with zero attached hydrogens (tertiary/aromatic N) is 1. The zero-order valence-electron chi connectivity index (χ0n) is 19.5. The van der Waals surface area contributed by atoms with Crippen LogP contribution in [0.4, 0.5) is 16.2 Å². The number of aryl methyl sites for hydroxylation is 1. The van der Waals surface area contributed by atoms with Crippen LogP contribution in [0.3, 0.4) is 0 Å². The number of methoxy groups -OCH3 is 1. The first-order chi connectivity index (χ1) is 17.5. The van der Waals surface area contributed by atoms with Crippen LogP contribution in [0, 0.1) is 0 Å². The standard InChI is InChI=1S/C27H24ClN3O4S/c1-34-26(32)9-5-8-25-29-17-24(36-25)18-10-13-20(14-11-18)30-27(33)31-22-15-12-19(28)16-23(22)35-21-6-3-2-4-7-21/h2-4,6-7,10-17H,5,8-9H2,1H3,(H2,30,31,33). The van der Waals surface area contributed by atoms with Crippen molar-refractivity contribution < 1.29 is 19.1 Å². The summed E-state index contributed by atoms with van der Waals surface area (Å²) in [6, 6.07) is 21.4. The van der Waals surface area contributed by atoms with Gasteiger partial charge in [0.15, 0.2) is 5.75 Å². The van der Waals surface area contributed by atoms with Gasteiger partial charge in [0.05, 0.1) is 22.7 Å². The molecule has 4 rings (SSSR count). The molecule has 0 spiro atoms. The zero-order chi connectivity index (χ0) is 25.3. The van der Waals surface area contributed by atoms with Crippen molar-refractivity contribution in [1.29, 1.82) is 0 Å². The number of hydrogen-bond donors (Lipinski definition) is 2. The Morgan fingerprint density at radius 1 is 1.00 bits per heavy atom. The van der Waals surface area contributed by atoms with Crippen molar-refractivity contribution in [3.05, 3.63) is 89.0 Å². The average molecular weight is 522 g/mol. The number of rotatable bonds is 9. The molecule has 0 bridgehead atoms. The normalized spacial score (nSPS) is 10.5. The number of amides is 2. The van der Waals surface area contributed by atoms with Gasteiger partial charge in [-0.25, -0.2) is 9.78 Å². The van der Waals surface area contributed by atoms with Gasteiger partial charge in [-0.2, -0.15) is 0 Å². The van der Waals surface area contributed by atoms with Crippen LogP contribution in [0.5, 0.6) is 11.5 Å². The van der Waals surface area contributed by atoms with Crippen molar-refractivity contribution in [3.8, 4) is 21.9 Å². The number of carbonyl (C=O) groups excluding carboxylic acids is 2. The molecule has 2 N–H and O–H groups in total. The summed E-state index contributed by atoms with van der Waals surface area (Å²) in [5.41, 5.74) is 2.12. The van der Waals surface area contributed by atoms with Crippen LogP contribution in [-0.4, -0.2) is 24.1 Å². The van der Waals surface area contributed by atoms with E-state index in [1.54, 1.807) is 29.5 Å². The first-order valence-corrected chi connectivity index (χ1v) is 12.4. The van der Waals surface area contributed by atoms with Crippen molar-refractivity contribution in [2.75, 3.05) is 17.7 Å². The number of halogens is 1. The lowest BCUT2D eigenvalue weighted by Gasteiger charge is -2.13. The molecule has 1 heterocycles. The number of thiazole rings is 1. The Kier molecular flexibility index (Phi) is 8.54. The van der Waals surface area contributed by atoms with E-state index in [9.17, 15) is 9.59 Å². The van der Waals surface area contributed by atoms with Gasteiger partial charge in [0.2, 0.25) is 0 Å². The highest BCUT2D eigenvalue weighted by molar-refractivity contribution is 7.15. The fourth-order valence-corrected chi connectivity index (χ4v) is 4.47. The Bertz CT molecular complexity index is 1330. The summed E-state index contributed by atoms with van der Waals surface area (Å²) in [6.07, 6.45) is 3.62. The van der Waals surface area contributed by atoms with E-state index >= 15 is 0 Å². The second-order valence-electron chi connectivity index (χ2n) is 7.76. The smallest absolute Gasteiger partial charge is 0.323 e. The predicted molar refractivity (Wildman–Crippen MR) is 143 cm³/mol. The van der Waals surface area contributed by atoms with Crippen LogP contribution < -0.4 is 15.4 Å². The number of benzene rings is 3. The summed E-state index contributed by atoms with van der Waals surface area (Å²) in [4.78, 5) is 29.4. The van der Waals surface area contributed by atoms with Gasteiger partial charge in [0, 0.05) is 29.4 Å². The fraction of sp³-hybridized carbons (Fsp3) is 0.148.